The van der Waals surface area contributed by atoms with Crippen molar-refractivity contribution in [1.82, 2.24) is 20.7 Å². The summed E-state index contributed by atoms with van der Waals surface area (Å²) in [7, 11) is 0. The minimum atomic E-state index is 0.802. The first-order chi connectivity index (χ1) is 10.4. The van der Waals surface area contributed by atoms with Crippen LogP contribution in [0.15, 0.2) is 30.3 Å². The van der Waals surface area contributed by atoms with Crippen LogP contribution >= 0.6 is 0 Å². The van der Waals surface area contributed by atoms with E-state index in [4.69, 9.17) is 0 Å². The highest BCUT2D eigenvalue weighted by Crippen LogP contribution is 2.48. The Morgan fingerprint density at radius 3 is 2.43 bits per heavy atom. The van der Waals surface area contributed by atoms with Crippen LogP contribution in [0.25, 0.3) is 11.3 Å². The SMILES string of the molecule is c1ccc(-c2n[nH]nc2CNCC(C2CC2)C2CC2)cc1. The van der Waals surface area contributed by atoms with Gasteiger partial charge >= 0.3 is 0 Å². The Bertz CT molecular complexity index is 572. The average molecular weight is 282 g/mol. The molecule has 2 N–H and O–H groups in total. The standard InChI is InChI=1S/C17H22N4/c1-2-4-14(5-3-1)17-16(19-21-20-17)11-18-10-15(12-6-7-12)13-8-9-13/h1-5,12-13,15,18H,6-11H2,(H,19,20,21). The summed E-state index contributed by atoms with van der Waals surface area (Å²) in [6.07, 6.45) is 5.79. The lowest BCUT2D eigenvalue weighted by molar-refractivity contribution is 0.378. The average Bonchev–Trinajstić information content (AvgIpc) is 3.44. The number of hydrogen-bond acceptors (Lipinski definition) is 3. The number of hydrogen-bond donors (Lipinski definition) is 2. The van der Waals surface area contributed by atoms with Crippen molar-refractivity contribution in [1.29, 1.82) is 0 Å². The van der Waals surface area contributed by atoms with Crippen molar-refractivity contribution in [2.75, 3.05) is 6.54 Å². The molecule has 0 spiro atoms. The minimum absolute atomic E-state index is 0.802. The predicted octanol–water partition coefficient (Wildman–Crippen LogP) is 3.00. The largest absolute Gasteiger partial charge is 0.311 e. The summed E-state index contributed by atoms with van der Waals surface area (Å²) in [6, 6.07) is 10.3. The monoisotopic (exact) mass is 282 g/mol. The second-order valence-electron chi connectivity index (χ2n) is 6.45. The molecule has 2 aromatic rings. The third-order valence-electron chi connectivity index (χ3n) is 4.79. The van der Waals surface area contributed by atoms with E-state index in [0.29, 0.717) is 0 Å². The summed E-state index contributed by atoms with van der Waals surface area (Å²) in [5.74, 6) is 2.89. The van der Waals surface area contributed by atoms with Gasteiger partial charge in [-0.05, 0) is 50.0 Å². The van der Waals surface area contributed by atoms with Crippen LogP contribution in [0, 0.1) is 17.8 Å². The quantitative estimate of drug-likeness (QED) is 0.821. The van der Waals surface area contributed by atoms with Gasteiger partial charge in [0.1, 0.15) is 11.4 Å². The first-order valence-electron chi connectivity index (χ1n) is 8.07. The third-order valence-corrected chi connectivity index (χ3v) is 4.79. The molecule has 21 heavy (non-hydrogen) atoms. The normalized spacial score (nSPS) is 18.3. The van der Waals surface area contributed by atoms with E-state index in [1.807, 2.05) is 18.2 Å². The summed E-state index contributed by atoms with van der Waals surface area (Å²) in [5, 5.41) is 15.0. The van der Waals surface area contributed by atoms with E-state index in [0.717, 1.165) is 47.8 Å². The van der Waals surface area contributed by atoms with Gasteiger partial charge in [0.15, 0.2) is 0 Å². The van der Waals surface area contributed by atoms with Crippen molar-refractivity contribution in [2.45, 2.75) is 32.2 Å². The molecule has 4 rings (SSSR count). The Balaban J connectivity index is 1.38. The Morgan fingerprint density at radius 1 is 1.05 bits per heavy atom. The Labute approximate surface area is 125 Å². The highest BCUT2D eigenvalue weighted by atomic mass is 15.3. The maximum absolute atomic E-state index is 4.31. The van der Waals surface area contributed by atoms with Gasteiger partial charge in [-0.1, -0.05) is 30.3 Å². The molecule has 110 valence electrons. The lowest BCUT2D eigenvalue weighted by Crippen LogP contribution is -2.25. The number of nitrogens with zero attached hydrogens (tertiary/aromatic N) is 2. The van der Waals surface area contributed by atoms with Gasteiger partial charge in [-0.2, -0.15) is 15.4 Å². The van der Waals surface area contributed by atoms with E-state index in [-0.39, 0.29) is 0 Å². The first kappa shape index (κ1) is 13.0. The van der Waals surface area contributed by atoms with Crippen molar-refractivity contribution in [3.63, 3.8) is 0 Å². The molecule has 2 aliphatic rings. The summed E-state index contributed by atoms with van der Waals surface area (Å²) < 4.78 is 0. The molecular weight excluding hydrogens is 260 g/mol. The summed E-state index contributed by atoms with van der Waals surface area (Å²) in [6.45, 7) is 1.94. The van der Waals surface area contributed by atoms with E-state index in [2.05, 4.69) is 32.9 Å². The molecule has 2 saturated carbocycles. The van der Waals surface area contributed by atoms with Gasteiger partial charge in [-0.25, -0.2) is 0 Å². The van der Waals surface area contributed by atoms with Crippen LogP contribution in [0.5, 0.6) is 0 Å². The zero-order valence-electron chi connectivity index (χ0n) is 12.3. The van der Waals surface area contributed by atoms with E-state index < -0.39 is 0 Å². The highest BCUT2D eigenvalue weighted by molar-refractivity contribution is 5.60. The molecule has 0 bridgehead atoms. The van der Waals surface area contributed by atoms with Crippen LogP contribution < -0.4 is 5.32 Å². The topological polar surface area (TPSA) is 53.6 Å². The molecular formula is C17H22N4. The number of aromatic nitrogens is 3. The molecule has 0 aliphatic heterocycles. The van der Waals surface area contributed by atoms with Gasteiger partial charge in [-0.3, -0.25) is 0 Å². The van der Waals surface area contributed by atoms with Crippen LogP contribution in [0.3, 0.4) is 0 Å². The first-order valence-corrected chi connectivity index (χ1v) is 8.07. The number of benzene rings is 1. The maximum atomic E-state index is 4.31. The summed E-state index contributed by atoms with van der Waals surface area (Å²) in [4.78, 5) is 0. The highest BCUT2D eigenvalue weighted by Gasteiger charge is 2.40. The van der Waals surface area contributed by atoms with Gasteiger partial charge in [0.2, 0.25) is 0 Å². The van der Waals surface area contributed by atoms with Crippen LogP contribution in [0.1, 0.15) is 31.4 Å². The van der Waals surface area contributed by atoms with Gasteiger partial charge in [0.25, 0.3) is 0 Å². The van der Waals surface area contributed by atoms with Crippen LogP contribution in [0.2, 0.25) is 0 Å². The second kappa shape index (κ2) is 5.60. The van der Waals surface area contributed by atoms with Crippen molar-refractivity contribution in [3.05, 3.63) is 36.0 Å². The predicted molar refractivity (Wildman–Crippen MR) is 82.5 cm³/mol. The van der Waals surface area contributed by atoms with Gasteiger partial charge in [0, 0.05) is 12.1 Å². The molecule has 1 aromatic heterocycles. The van der Waals surface area contributed by atoms with Gasteiger partial charge in [-0.15, -0.1) is 0 Å². The number of aromatic amines is 1. The zero-order valence-corrected chi connectivity index (χ0v) is 12.3. The molecule has 0 radical (unpaired) electrons. The molecule has 2 aliphatic carbocycles. The minimum Gasteiger partial charge on any atom is -0.311 e. The number of nitrogens with one attached hydrogen (secondary N) is 2. The Morgan fingerprint density at radius 2 is 1.76 bits per heavy atom. The summed E-state index contributed by atoms with van der Waals surface area (Å²) in [5.41, 5.74) is 3.12. The van der Waals surface area contributed by atoms with Crippen molar-refractivity contribution >= 4 is 0 Å². The third kappa shape index (κ3) is 3.00. The summed E-state index contributed by atoms with van der Waals surface area (Å²) >= 11 is 0. The molecule has 0 saturated heterocycles. The van der Waals surface area contributed by atoms with Crippen molar-refractivity contribution in [3.8, 4) is 11.3 Å². The molecule has 2 fully saturated rings. The van der Waals surface area contributed by atoms with E-state index >= 15 is 0 Å². The smallest absolute Gasteiger partial charge is 0.117 e. The zero-order chi connectivity index (χ0) is 14.1. The fourth-order valence-corrected chi connectivity index (χ4v) is 3.33. The fourth-order valence-electron chi connectivity index (χ4n) is 3.33. The van der Waals surface area contributed by atoms with Crippen molar-refractivity contribution in [2.24, 2.45) is 17.8 Å². The van der Waals surface area contributed by atoms with Crippen LogP contribution in [-0.4, -0.2) is 22.0 Å². The Hall–Kier alpha value is -1.68. The van der Waals surface area contributed by atoms with Crippen LogP contribution in [-0.2, 0) is 6.54 Å². The number of H-pyrrole nitrogens is 1. The molecule has 0 amide bonds. The van der Waals surface area contributed by atoms with E-state index in [1.165, 1.54) is 25.7 Å². The molecule has 0 unspecified atom stereocenters. The fraction of sp³-hybridized carbons (Fsp3) is 0.529. The molecule has 1 aromatic carbocycles. The molecule has 1 heterocycles. The van der Waals surface area contributed by atoms with E-state index in [9.17, 15) is 0 Å². The maximum Gasteiger partial charge on any atom is 0.117 e. The van der Waals surface area contributed by atoms with Crippen LogP contribution in [0.4, 0.5) is 0 Å². The lowest BCUT2D eigenvalue weighted by Gasteiger charge is -2.15. The van der Waals surface area contributed by atoms with Crippen molar-refractivity contribution < 1.29 is 0 Å². The van der Waals surface area contributed by atoms with Gasteiger partial charge < -0.3 is 5.32 Å². The molecule has 0 atom stereocenters. The van der Waals surface area contributed by atoms with E-state index in [1.54, 1.807) is 0 Å². The molecule has 4 nitrogen and oxygen atoms in total. The lowest BCUT2D eigenvalue weighted by atomic mass is 9.98. The second-order valence-corrected chi connectivity index (χ2v) is 6.45. The van der Waals surface area contributed by atoms with Gasteiger partial charge in [0.05, 0.1) is 0 Å². The number of rotatable bonds is 7. The molecule has 4 heteroatoms. The Kier molecular flexibility index (Phi) is 3.47.